The average Bonchev–Trinajstić information content (AvgIpc) is 2.63. The fourth-order valence-corrected chi connectivity index (χ4v) is 2.69. The Balaban J connectivity index is 1.74. The average molecular weight is 234 g/mol. The van der Waals surface area contributed by atoms with E-state index >= 15 is 0 Å². The van der Waals surface area contributed by atoms with Crippen molar-refractivity contribution in [2.45, 2.75) is 33.2 Å². The van der Waals surface area contributed by atoms with Gasteiger partial charge in [0.05, 0.1) is 6.54 Å². The maximum Gasteiger partial charge on any atom is 0.164 e. The minimum Gasteiger partial charge on any atom is -0.309 e. The third-order valence-corrected chi connectivity index (χ3v) is 3.25. The fourth-order valence-electron chi connectivity index (χ4n) is 2.69. The fraction of sp³-hybridized carbons (Fsp3) is 0.692. The van der Waals surface area contributed by atoms with Crippen LogP contribution in [0.15, 0.2) is 18.0 Å². The molecule has 4 heteroatoms. The lowest BCUT2D eigenvalue weighted by Crippen LogP contribution is -2.26. The number of hydrogen-bond acceptors (Lipinski definition) is 3. The normalized spacial score (nSPS) is 24.8. The molecule has 17 heavy (non-hydrogen) atoms. The first kappa shape index (κ1) is 12.3. The summed E-state index contributed by atoms with van der Waals surface area (Å²) in [6.07, 6.45) is 6.66. The summed E-state index contributed by atoms with van der Waals surface area (Å²) in [6, 6.07) is 0. The van der Waals surface area contributed by atoms with Crippen LogP contribution in [-0.2, 0) is 13.6 Å². The predicted molar refractivity (Wildman–Crippen MR) is 68.4 cm³/mol. The predicted octanol–water partition coefficient (Wildman–Crippen LogP) is 1.90. The zero-order valence-corrected chi connectivity index (χ0v) is 11.0. The number of aryl methyl sites for hydroxylation is 1. The molecule has 1 aliphatic carbocycles. The van der Waals surface area contributed by atoms with Crippen molar-refractivity contribution in [1.29, 1.82) is 0 Å². The molecule has 0 radical (unpaired) electrons. The molecule has 1 aromatic heterocycles. The van der Waals surface area contributed by atoms with Crippen LogP contribution >= 0.6 is 0 Å². The standard InChI is InChI=1S/C13H22N4/c1-10-4-11(2)6-12(5-10)7-14-8-13-15-9-17(3)16-13/h4,9-10,12,14H,5-8H2,1-3H3. The molecule has 94 valence electrons. The number of nitrogens with zero attached hydrogens (tertiary/aromatic N) is 3. The molecule has 0 aromatic carbocycles. The quantitative estimate of drug-likeness (QED) is 0.809. The second-order valence-corrected chi connectivity index (χ2v) is 5.26. The Hall–Kier alpha value is -1.16. The van der Waals surface area contributed by atoms with Crippen LogP contribution in [0.4, 0.5) is 0 Å². The van der Waals surface area contributed by atoms with Gasteiger partial charge in [0.15, 0.2) is 5.82 Å². The Kier molecular flexibility index (Phi) is 3.94. The summed E-state index contributed by atoms with van der Waals surface area (Å²) in [4.78, 5) is 4.21. The summed E-state index contributed by atoms with van der Waals surface area (Å²) in [5, 5.41) is 7.72. The second-order valence-electron chi connectivity index (χ2n) is 5.26. The first-order valence-electron chi connectivity index (χ1n) is 6.36. The highest BCUT2D eigenvalue weighted by molar-refractivity contribution is 5.06. The van der Waals surface area contributed by atoms with Crippen molar-refractivity contribution in [3.05, 3.63) is 23.8 Å². The molecule has 1 heterocycles. The number of rotatable bonds is 4. The lowest BCUT2D eigenvalue weighted by Gasteiger charge is -2.25. The van der Waals surface area contributed by atoms with Gasteiger partial charge in [-0.05, 0) is 38.1 Å². The SMILES string of the molecule is CC1=CC(C)CC(CNCc2ncn(C)n2)C1. The van der Waals surface area contributed by atoms with Gasteiger partial charge in [0.2, 0.25) is 0 Å². The highest BCUT2D eigenvalue weighted by Gasteiger charge is 2.17. The zero-order valence-electron chi connectivity index (χ0n) is 11.0. The van der Waals surface area contributed by atoms with Crippen molar-refractivity contribution < 1.29 is 0 Å². The summed E-state index contributed by atoms with van der Waals surface area (Å²) >= 11 is 0. The maximum atomic E-state index is 4.25. The molecule has 0 bridgehead atoms. The van der Waals surface area contributed by atoms with E-state index in [1.54, 1.807) is 11.0 Å². The Morgan fingerprint density at radius 3 is 3.00 bits per heavy atom. The van der Waals surface area contributed by atoms with Crippen LogP contribution < -0.4 is 5.32 Å². The number of hydrogen-bond donors (Lipinski definition) is 1. The largest absolute Gasteiger partial charge is 0.309 e. The molecule has 2 rings (SSSR count). The van der Waals surface area contributed by atoms with Gasteiger partial charge in [-0.3, -0.25) is 4.68 Å². The van der Waals surface area contributed by atoms with Gasteiger partial charge in [-0.25, -0.2) is 4.98 Å². The molecule has 0 fully saturated rings. The zero-order chi connectivity index (χ0) is 12.3. The van der Waals surface area contributed by atoms with E-state index in [0.717, 1.165) is 30.7 Å². The van der Waals surface area contributed by atoms with Gasteiger partial charge in [0.25, 0.3) is 0 Å². The molecule has 2 atom stereocenters. The third kappa shape index (κ3) is 3.66. The molecule has 2 unspecified atom stereocenters. The molecule has 1 aromatic rings. The van der Waals surface area contributed by atoms with Gasteiger partial charge in [-0.1, -0.05) is 18.6 Å². The van der Waals surface area contributed by atoms with E-state index in [0.29, 0.717) is 0 Å². The first-order chi connectivity index (χ1) is 8.13. The molecule has 0 amide bonds. The molecule has 4 nitrogen and oxygen atoms in total. The van der Waals surface area contributed by atoms with E-state index < -0.39 is 0 Å². The van der Waals surface area contributed by atoms with Gasteiger partial charge in [0, 0.05) is 7.05 Å². The highest BCUT2D eigenvalue weighted by Crippen LogP contribution is 2.27. The number of nitrogens with one attached hydrogen (secondary N) is 1. The summed E-state index contributed by atoms with van der Waals surface area (Å²) < 4.78 is 1.74. The summed E-state index contributed by atoms with van der Waals surface area (Å²) in [5.41, 5.74) is 1.53. The second kappa shape index (κ2) is 5.45. The smallest absolute Gasteiger partial charge is 0.164 e. The van der Waals surface area contributed by atoms with Crippen LogP contribution in [0.5, 0.6) is 0 Å². The van der Waals surface area contributed by atoms with E-state index in [9.17, 15) is 0 Å². The lowest BCUT2D eigenvalue weighted by atomic mass is 9.84. The Morgan fingerprint density at radius 1 is 1.53 bits per heavy atom. The van der Waals surface area contributed by atoms with Crippen LogP contribution in [-0.4, -0.2) is 21.3 Å². The van der Waals surface area contributed by atoms with E-state index in [-0.39, 0.29) is 0 Å². The number of aromatic nitrogens is 3. The van der Waals surface area contributed by atoms with E-state index in [1.807, 2.05) is 7.05 Å². The molecular formula is C13H22N4. The summed E-state index contributed by atoms with van der Waals surface area (Å²) in [6.45, 7) is 6.38. The van der Waals surface area contributed by atoms with E-state index in [2.05, 4.69) is 35.3 Å². The summed E-state index contributed by atoms with van der Waals surface area (Å²) in [7, 11) is 1.90. The Morgan fingerprint density at radius 2 is 2.35 bits per heavy atom. The van der Waals surface area contributed by atoms with Crippen LogP contribution in [0.1, 0.15) is 32.5 Å². The topological polar surface area (TPSA) is 42.7 Å². The van der Waals surface area contributed by atoms with Crippen molar-refractivity contribution in [2.24, 2.45) is 18.9 Å². The van der Waals surface area contributed by atoms with Crippen LogP contribution in [0.2, 0.25) is 0 Å². The first-order valence-corrected chi connectivity index (χ1v) is 6.36. The van der Waals surface area contributed by atoms with E-state index in [1.165, 1.54) is 18.4 Å². The van der Waals surface area contributed by atoms with Gasteiger partial charge in [-0.15, -0.1) is 0 Å². The van der Waals surface area contributed by atoms with E-state index in [4.69, 9.17) is 0 Å². The van der Waals surface area contributed by atoms with Crippen molar-refractivity contribution in [2.75, 3.05) is 6.54 Å². The van der Waals surface area contributed by atoms with Gasteiger partial charge in [-0.2, -0.15) is 5.10 Å². The Labute approximate surface area is 103 Å². The lowest BCUT2D eigenvalue weighted by molar-refractivity contribution is 0.379. The molecule has 0 saturated carbocycles. The van der Waals surface area contributed by atoms with Crippen molar-refractivity contribution in [3.8, 4) is 0 Å². The maximum absolute atomic E-state index is 4.25. The molecular weight excluding hydrogens is 212 g/mol. The molecule has 0 saturated heterocycles. The van der Waals surface area contributed by atoms with Crippen LogP contribution in [0.3, 0.4) is 0 Å². The Bertz CT molecular complexity index is 394. The summed E-state index contributed by atoms with van der Waals surface area (Å²) in [5.74, 6) is 2.37. The monoisotopic (exact) mass is 234 g/mol. The molecule has 0 aliphatic heterocycles. The molecule has 0 spiro atoms. The minimum atomic E-state index is 0.725. The van der Waals surface area contributed by atoms with Crippen LogP contribution in [0, 0.1) is 11.8 Å². The van der Waals surface area contributed by atoms with Crippen molar-refractivity contribution >= 4 is 0 Å². The highest BCUT2D eigenvalue weighted by atomic mass is 15.3. The van der Waals surface area contributed by atoms with Gasteiger partial charge in [0.1, 0.15) is 6.33 Å². The van der Waals surface area contributed by atoms with Crippen molar-refractivity contribution in [3.63, 3.8) is 0 Å². The van der Waals surface area contributed by atoms with Crippen LogP contribution in [0.25, 0.3) is 0 Å². The molecule has 1 aliphatic rings. The van der Waals surface area contributed by atoms with Crippen molar-refractivity contribution in [1.82, 2.24) is 20.1 Å². The molecule has 1 N–H and O–H groups in total. The minimum absolute atomic E-state index is 0.725. The third-order valence-electron chi connectivity index (χ3n) is 3.25. The van der Waals surface area contributed by atoms with Gasteiger partial charge >= 0.3 is 0 Å². The van der Waals surface area contributed by atoms with Gasteiger partial charge < -0.3 is 5.32 Å². The number of allylic oxidation sites excluding steroid dienone is 2.